The lowest BCUT2D eigenvalue weighted by Gasteiger charge is -2.01. The number of nitrogens with zero attached hydrogens (tertiary/aromatic N) is 2. The van der Waals surface area contributed by atoms with Crippen LogP contribution in [0.4, 0.5) is 13.2 Å². The van der Waals surface area contributed by atoms with Gasteiger partial charge in [-0.05, 0) is 12.5 Å². The molecule has 2 rings (SSSR count). The average Bonchev–Trinajstić information content (AvgIpc) is 2.84. The van der Waals surface area contributed by atoms with E-state index in [2.05, 4.69) is 10.1 Å². The van der Waals surface area contributed by atoms with Crippen molar-refractivity contribution in [1.82, 2.24) is 10.1 Å². The van der Waals surface area contributed by atoms with E-state index < -0.39 is 23.4 Å². The number of carbonyl (C=O) groups is 1. The fraction of sp³-hybridized carbons (Fsp3) is 0.214. The minimum Gasteiger partial charge on any atom is -0.334 e. The van der Waals surface area contributed by atoms with E-state index in [1.807, 2.05) is 30.3 Å². The Hall–Kier alpha value is -2.44. The highest BCUT2D eigenvalue weighted by atomic mass is 19.4. The van der Waals surface area contributed by atoms with Crippen LogP contribution in [0, 0.1) is 0 Å². The van der Waals surface area contributed by atoms with Gasteiger partial charge in [0.2, 0.25) is 0 Å². The van der Waals surface area contributed by atoms with Gasteiger partial charge in [-0.15, -0.1) is 0 Å². The zero-order valence-corrected chi connectivity index (χ0v) is 11.0. The predicted molar refractivity (Wildman–Crippen MR) is 68.3 cm³/mol. The van der Waals surface area contributed by atoms with Crippen molar-refractivity contribution in [3.05, 3.63) is 53.7 Å². The molecule has 0 unspecified atom stereocenters. The first kappa shape index (κ1) is 15.0. The highest BCUT2D eigenvalue weighted by molar-refractivity contribution is 6.18. The average molecular weight is 296 g/mol. The van der Waals surface area contributed by atoms with Crippen molar-refractivity contribution in [3.63, 3.8) is 0 Å². The van der Waals surface area contributed by atoms with Crippen molar-refractivity contribution < 1.29 is 22.5 Å². The Morgan fingerprint density at radius 2 is 1.95 bits per heavy atom. The summed E-state index contributed by atoms with van der Waals surface area (Å²) >= 11 is 0. The molecular weight excluding hydrogens is 285 g/mol. The van der Waals surface area contributed by atoms with Crippen LogP contribution in [0.1, 0.15) is 24.2 Å². The zero-order chi connectivity index (χ0) is 15.5. The number of halogens is 3. The van der Waals surface area contributed by atoms with E-state index in [1.165, 1.54) is 0 Å². The Kier molecular flexibility index (Phi) is 4.21. The topological polar surface area (TPSA) is 56.0 Å². The molecule has 1 heterocycles. The molecule has 0 spiro atoms. The molecule has 1 aromatic heterocycles. The van der Waals surface area contributed by atoms with Crippen molar-refractivity contribution in [1.29, 1.82) is 0 Å². The molecule has 0 bridgehead atoms. The maximum Gasteiger partial charge on any atom is 0.410 e. The molecule has 21 heavy (non-hydrogen) atoms. The van der Waals surface area contributed by atoms with Crippen LogP contribution in [0.3, 0.4) is 0 Å². The van der Waals surface area contributed by atoms with E-state index in [1.54, 1.807) is 0 Å². The Morgan fingerprint density at radius 1 is 1.29 bits per heavy atom. The molecule has 0 aliphatic carbocycles. The Bertz CT molecular complexity index is 660. The summed E-state index contributed by atoms with van der Waals surface area (Å²) < 4.78 is 41.9. The molecule has 0 aliphatic rings. The number of Topliss-reactive ketones (excluding diaryl/α,β-unsaturated/α-hetero) is 1. The summed E-state index contributed by atoms with van der Waals surface area (Å²) in [7, 11) is 0. The van der Waals surface area contributed by atoms with E-state index in [0.717, 1.165) is 12.5 Å². The zero-order valence-electron chi connectivity index (χ0n) is 11.0. The first-order chi connectivity index (χ1) is 9.85. The summed E-state index contributed by atoms with van der Waals surface area (Å²) in [4.78, 5) is 15.1. The lowest BCUT2D eigenvalue weighted by molar-refractivity contribution is -0.112. The van der Waals surface area contributed by atoms with Gasteiger partial charge in [-0.25, -0.2) is 0 Å². The highest BCUT2D eigenvalue weighted by Gasteiger charge is 2.28. The minimum absolute atomic E-state index is 0.130. The third-order valence-corrected chi connectivity index (χ3v) is 2.59. The van der Waals surface area contributed by atoms with Gasteiger partial charge in [0.05, 0.1) is 5.57 Å². The molecule has 0 atom stereocenters. The summed E-state index contributed by atoms with van der Waals surface area (Å²) in [6, 6.07) is 9.13. The lowest BCUT2D eigenvalue weighted by atomic mass is 10.1. The third-order valence-electron chi connectivity index (χ3n) is 2.59. The smallest absolute Gasteiger partial charge is 0.334 e. The van der Waals surface area contributed by atoms with Crippen LogP contribution < -0.4 is 0 Å². The molecule has 1 aromatic carbocycles. The monoisotopic (exact) mass is 296 g/mol. The molecular formula is C14H11F3N2O2. The summed E-state index contributed by atoms with van der Waals surface area (Å²) in [6.07, 6.45) is -4.45. The quantitative estimate of drug-likeness (QED) is 0.813. The number of ketones is 1. The normalized spacial score (nSPS) is 12.5. The van der Waals surface area contributed by atoms with Crippen molar-refractivity contribution in [3.8, 4) is 0 Å². The molecule has 0 aliphatic heterocycles. The van der Waals surface area contributed by atoms with Gasteiger partial charge < -0.3 is 4.52 Å². The van der Waals surface area contributed by atoms with Crippen LogP contribution in [0.5, 0.6) is 0 Å². The third kappa shape index (κ3) is 4.27. The molecule has 0 amide bonds. The van der Waals surface area contributed by atoms with Crippen molar-refractivity contribution >= 4 is 11.4 Å². The molecule has 0 saturated heterocycles. The van der Waals surface area contributed by atoms with Crippen molar-refractivity contribution in [2.24, 2.45) is 0 Å². The molecule has 110 valence electrons. The van der Waals surface area contributed by atoms with Gasteiger partial charge in [0.15, 0.2) is 11.6 Å². The molecule has 0 radical (unpaired) electrons. The van der Waals surface area contributed by atoms with E-state index in [4.69, 9.17) is 4.52 Å². The maximum absolute atomic E-state index is 12.4. The molecule has 0 N–H and O–H groups in total. The van der Waals surface area contributed by atoms with Gasteiger partial charge in [-0.1, -0.05) is 35.5 Å². The Labute approximate surface area is 118 Å². The van der Waals surface area contributed by atoms with E-state index in [9.17, 15) is 18.0 Å². The number of hydrogen-bond donors (Lipinski definition) is 0. The number of alkyl halides is 3. The summed E-state index contributed by atoms with van der Waals surface area (Å²) in [5.74, 6) is -1.00. The maximum atomic E-state index is 12.4. The molecule has 0 fully saturated rings. The number of rotatable bonds is 4. The van der Waals surface area contributed by atoms with Gasteiger partial charge in [0.1, 0.15) is 0 Å². The Morgan fingerprint density at radius 3 is 2.52 bits per heavy atom. The number of benzene rings is 1. The number of aromatic nitrogens is 2. The number of carbonyl (C=O) groups excluding carboxylic acids is 1. The fourth-order valence-electron chi connectivity index (χ4n) is 1.69. The fourth-order valence-corrected chi connectivity index (χ4v) is 1.69. The second kappa shape index (κ2) is 5.90. The van der Waals surface area contributed by atoms with Gasteiger partial charge in [-0.3, -0.25) is 4.79 Å². The summed E-state index contributed by atoms with van der Waals surface area (Å²) in [5, 5.41) is 3.60. The highest BCUT2D eigenvalue weighted by Crippen LogP contribution is 2.24. The lowest BCUT2D eigenvalue weighted by Crippen LogP contribution is -2.07. The summed E-state index contributed by atoms with van der Waals surface area (Å²) in [6.45, 7) is 1.01. The Balaban J connectivity index is 2.25. The molecule has 0 saturated carbocycles. The first-order valence-electron chi connectivity index (χ1n) is 6.02. The summed E-state index contributed by atoms with van der Waals surface area (Å²) in [5.41, 5.74) is 0.239. The van der Waals surface area contributed by atoms with Gasteiger partial charge >= 0.3 is 6.18 Å². The van der Waals surface area contributed by atoms with Crippen LogP contribution in [-0.4, -0.2) is 22.1 Å². The number of allylic oxidation sites excluding steroid dienone is 2. The molecule has 7 heteroatoms. The van der Waals surface area contributed by atoms with Crippen LogP contribution in [-0.2, 0) is 11.2 Å². The van der Waals surface area contributed by atoms with Crippen LogP contribution >= 0.6 is 0 Å². The predicted octanol–water partition coefficient (Wildman–Crippen LogP) is 3.20. The van der Waals surface area contributed by atoms with Gasteiger partial charge in [-0.2, -0.15) is 18.2 Å². The molecule has 2 aromatic rings. The van der Waals surface area contributed by atoms with Crippen LogP contribution in [0.25, 0.3) is 5.57 Å². The second-order valence-corrected chi connectivity index (χ2v) is 4.33. The first-order valence-corrected chi connectivity index (χ1v) is 6.02. The largest absolute Gasteiger partial charge is 0.410 e. The second-order valence-electron chi connectivity index (χ2n) is 4.33. The van der Waals surface area contributed by atoms with E-state index in [0.29, 0.717) is 6.42 Å². The van der Waals surface area contributed by atoms with Crippen molar-refractivity contribution in [2.75, 3.05) is 0 Å². The number of hydrogen-bond acceptors (Lipinski definition) is 4. The van der Waals surface area contributed by atoms with E-state index in [-0.39, 0.29) is 11.9 Å². The van der Waals surface area contributed by atoms with Crippen LogP contribution in [0.2, 0.25) is 0 Å². The van der Waals surface area contributed by atoms with Crippen LogP contribution in [0.15, 0.2) is 40.9 Å². The van der Waals surface area contributed by atoms with Gasteiger partial charge in [0, 0.05) is 12.5 Å². The standard InChI is InChI=1S/C14H11F3N2O2/c1-9(20)11(8-14(15,16)17)13-18-12(19-21-13)7-10-5-3-2-4-6-10/h2-6,8H,7H2,1H3/b11-8+. The van der Waals surface area contributed by atoms with Gasteiger partial charge in [0.25, 0.3) is 5.89 Å². The minimum atomic E-state index is -4.63. The van der Waals surface area contributed by atoms with Crippen molar-refractivity contribution in [2.45, 2.75) is 19.5 Å². The molecule has 4 nitrogen and oxygen atoms in total. The SMILES string of the molecule is CC(=O)/C(=C\C(F)(F)F)c1nc(Cc2ccccc2)no1. The van der Waals surface area contributed by atoms with E-state index >= 15 is 0 Å².